The van der Waals surface area contributed by atoms with Crippen molar-refractivity contribution in [1.29, 1.82) is 0 Å². The van der Waals surface area contributed by atoms with Gasteiger partial charge in [0.05, 0.1) is 10.9 Å². The molecule has 0 radical (unpaired) electrons. The largest absolute Gasteiger partial charge is 0.325 e. The van der Waals surface area contributed by atoms with Crippen LogP contribution in [0.2, 0.25) is 0 Å². The van der Waals surface area contributed by atoms with Gasteiger partial charge in [0.25, 0.3) is 0 Å². The minimum Gasteiger partial charge on any atom is -0.325 e. The molecule has 27 heavy (non-hydrogen) atoms. The molecule has 3 N–H and O–H groups in total. The number of anilines is 1. The molecule has 11 heteroatoms. The number of amides is 1. The lowest BCUT2D eigenvalue weighted by Gasteiger charge is -2.31. The molecule has 1 aromatic rings. The van der Waals surface area contributed by atoms with Crippen molar-refractivity contribution in [2.75, 3.05) is 50.6 Å². The van der Waals surface area contributed by atoms with Crippen molar-refractivity contribution in [1.82, 2.24) is 9.21 Å². The maximum Gasteiger partial charge on any atom is 0.243 e. The molecule has 1 fully saturated rings. The van der Waals surface area contributed by atoms with Crippen molar-refractivity contribution in [3.05, 3.63) is 24.3 Å². The molecule has 2 rings (SSSR count). The van der Waals surface area contributed by atoms with E-state index in [0.717, 1.165) is 5.75 Å². The van der Waals surface area contributed by atoms with E-state index in [2.05, 4.69) is 10.2 Å². The molecule has 7 nitrogen and oxygen atoms in total. The fraction of sp³-hybridized carbons (Fsp3) is 0.562. The number of carbonyl (C=O) groups excluding carboxylic acids is 1. The Bertz CT molecular complexity index is 699. The Morgan fingerprint density at radius 2 is 1.89 bits per heavy atom. The zero-order chi connectivity index (χ0) is 18.4. The maximum atomic E-state index is 12.8. The van der Waals surface area contributed by atoms with Crippen molar-refractivity contribution in [3.8, 4) is 0 Å². The standard InChI is InChI=1S/C16H26N4O3S2.2ClH/c1-19-7-9-20(10-8-19)25(22,23)14-5-3-4-13(12-14)18-16(21)15(17)6-11-24-2;;/h3-5,12,15H,6-11,17H2,1-2H3,(H,18,21);2*1H/t15-;;/m0../s1. The second-order valence-corrected chi connectivity index (χ2v) is 9.04. The van der Waals surface area contributed by atoms with Gasteiger partial charge in [0.15, 0.2) is 0 Å². The second kappa shape index (κ2) is 12.1. The van der Waals surface area contributed by atoms with Crippen molar-refractivity contribution >= 4 is 58.2 Å². The van der Waals surface area contributed by atoms with Gasteiger partial charge in [-0.25, -0.2) is 8.42 Å². The summed E-state index contributed by atoms with van der Waals surface area (Å²) < 4.78 is 27.0. The van der Waals surface area contributed by atoms with Crippen molar-refractivity contribution in [2.24, 2.45) is 5.73 Å². The van der Waals surface area contributed by atoms with E-state index in [1.807, 2.05) is 13.3 Å². The van der Waals surface area contributed by atoms with Crippen LogP contribution in [0.3, 0.4) is 0 Å². The molecule has 0 bridgehead atoms. The highest BCUT2D eigenvalue weighted by molar-refractivity contribution is 7.98. The number of sulfonamides is 1. The summed E-state index contributed by atoms with van der Waals surface area (Å²) >= 11 is 1.63. The van der Waals surface area contributed by atoms with Crippen LogP contribution in [0.1, 0.15) is 6.42 Å². The molecule has 0 aliphatic carbocycles. The summed E-state index contributed by atoms with van der Waals surface area (Å²) in [6.07, 6.45) is 2.53. The summed E-state index contributed by atoms with van der Waals surface area (Å²) in [4.78, 5) is 14.4. The molecular weight excluding hydrogens is 431 g/mol. The first-order valence-corrected chi connectivity index (χ1v) is 11.0. The molecule has 0 saturated carbocycles. The summed E-state index contributed by atoms with van der Waals surface area (Å²) in [5, 5.41) is 2.71. The molecule has 1 atom stereocenters. The number of carbonyl (C=O) groups is 1. The number of nitrogens with one attached hydrogen (secondary N) is 1. The number of rotatable bonds is 7. The third-order valence-electron chi connectivity index (χ3n) is 4.17. The first-order chi connectivity index (χ1) is 11.8. The van der Waals surface area contributed by atoms with E-state index in [9.17, 15) is 13.2 Å². The first kappa shape index (κ1) is 26.4. The molecule has 0 spiro atoms. The lowest BCUT2D eigenvalue weighted by molar-refractivity contribution is -0.117. The van der Waals surface area contributed by atoms with Crippen LogP contribution in [0, 0.1) is 0 Å². The summed E-state index contributed by atoms with van der Waals surface area (Å²) in [6.45, 7) is 2.35. The van der Waals surface area contributed by atoms with Gasteiger partial charge in [0.1, 0.15) is 0 Å². The molecular formula is C16H28Cl2N4O3S2. The van der Waals surface area contributed by atoms with Gasteiger partial charge in [-0.15, -0.1) is 24.8 Å². The monoisotopic (exact) mass is 458 g/mol. The van der Waals surface area contributed by atoms with E-state index in [0.29, 0.717) is 38.3 Å². The van der Waals surface area contributed by atoms with E-state index < -0.39 is 16.1 Å². The van der Waals surface area contributed by atoms with Gasteiger partial charge in [-0.1, -0.05) is 6.07 Å². The number of thioether (sulfide) groups is 1. The number of benzene rings is 1. The Kier molecular flexibility index (Phi) is 11.9. The summed E-state index contributed by atoms with van der Waals surface area (Å²) in [5.74, 6) is 0.495. The van der Waals surface area contributed by atoms with Gasteiger partial charge in [-0.2, -0.15) is 16.1 Å². The fourth-order valence-electron chi connectivity index (χ4n) is 2.52. The van der Waals surface area contributed by atoms with Gasteiger partial charge < -0.3 is 16.0 Å². The number of halogens is 2. The Hall–Kier alpha value is -0.550. The Balaban J connectivity index is 0.00000338. The third-order valence-corrected chi connectivity index (χ3v) is 6.71. The smallest absolute Gasteiger partial charge is 0.243 e. The van der Waals surface area contributed by atoms with Crippen LogP contribution in [-0.2, 0) is 14.8 Å². The highest BCUT2D eigenvalue weighted by Crippen LogP contribution is 2.21. The van der Waals surface area contributed by atoms with E-state index >= 15 is 0 Å². The van der Waals surface area contributed by atoms with Gasteiger partial charge in [-0.3, -0.25) is 4.79 Å². The molecule has 0 unspecified atom stereocenters. The predicted molar refractivity (Wildman–Crippen MR) is 117 cm³/mol. The molecule has 1 saturated heterocycles. The lowest BCUT2D eigenvalue weighted by Crippen LogP contribution is -2.47. The van der Waals surface area contributed by atoms with Crippen LogP contribution in [0.25, 0.3) is 0 Å². The van der Waals surface area contributed by atoms with Crippen molar-refractivity contribution < 1.29 is 13.2 Å². The molecule has 1 amide bonds. The first-order valence-electron chi connectivity index (χ1n) is 8.18. The van der Waals surface area contributed by atoms with Gasteiger partial charge in [-0.05, 0) is 43.7 Å². The van der Waals surface area contributed by atoms with Crippen molar-refractivity contribution in [2.45, 2.75) is 17.4 Å². The highest BCUT2D eigenvalue weighted by atomic mass is 35.5. The Labute approximate surface area is 178 Å². The summed E-state index contributed by atoms with van der Waals surface area (Å²) in [5.41, 5.74) is 6.29. The Morgan fingerprint density at radius 3 is 2.48 bits per heavy atom. The molecule has 0 aromatic heterocycles. The van der Waals surface area contributed by atoms with Crippen LogP contribution in [-0.4, -0.2) is 74.8 Å². The number of piperazine rings is 1. The van der Waals surface area contributed by atoms with Gasteiger partial charge in [0, 0.05) is 31.9 Å². The van der Waals surface area contributed by atoms with Gasteiger partial charge in [0.2, 0.25) is 15.9 Å². The van der Waals surface area contributed by atoms with E-state index in [-0.39, 0.29) is 35.6 Å². The fourth-order valence-corrected chi connectivity index (χ4v) is 4.48. The number of likely N-dealkylation sites (N-methyl/N-ethyl adjacent to an activating group) is 1. The predicted octanol–water partition coefficient (Wildman–Crippen LogP) is 1.49. The zero-order valence-electron chi connectivity index (χ0n) is 15.5. The van der Waals surface area contributed by atoms with Gasteiger partial charge >= 0.3 is 0 Å². The molecule has 1 aromatic carbocycles. The number of hydrogen-bond donors (Lipinski definition) is 2. The molecule has 1 aliphatic rings. The number of hydrogen-bond acceptors (Lipinski definition) is 6. The summed E-state index contributed by atoms with van der Waals surface area (Å²) in [6, 6.07) is 5.74. The SMILES string of the molecule is CSCC[C@H](N)C(=O)Nc1cccc(S(=O)(=O)N2CCN(C)CC2)c1.Cl.Cl. The van der Waals surface area contributed by atoms with Crippen LogP contribution in [0.15, 0.2) is 29.2 Å². The highest BCUT2D eigenvalue weighted by Gasteiger charge is 2.27. The topological polar surface area (TPSA) is 95.7 Å². The van der Waals surface area contributed by atoms with E-state index in [4.69, 9.17) is 5.73 Å². The summed E-state index contributed by atoms with van der Waals surface area (Å²) in [7, 11) is -1.58. The molecule has 1 heterocycles. The third kappa shape index (κ3) is 7.41. The molecule has 1 aliphatic heterocycles. The van der Waals surface area contributed by atoms with Crippen molar-refractivity contribution in [3.63, 3.8) is 0 Å². The average molecular weight is 459 g/mol. The van der Waals surface area contributed by atoms with Crippen LogP contribution < -0.4 is 11.1 Å². The van der Waals surface area contributed by atoms with E-state index in [1.165, 1.54) is 10.4 Å². The maximum absolute atomic E-state index is 12.8. The van der Waals surface area contributed by atoms with E-state index in [1.54, 1.807) is 30.0 Å². The zero-order valence-corrected chi connectivity index (χ0v) is 18.7. The van der Waals surface area contributed by atoms with Crippen LogP contribution in [0.5, 0.6) is 0 Å². The average Bonchev–Trinajstić information content (AvgIpc) is 2.60. The quantitative estimate of drug-likeness (QED) is 0.642. The Morgan fingerprint density at radius 1 is 1.26 bits per heavy atom. The number of nitrogens with zero attached hydrogens (tertiary/aromatic N) is 2. The second-order valence-electron chi connectivity index (χ2n) is 6.11. The normalized spacial score (nSPS) is 16.7. The van der Waals surface area contributed by atoms with Crippen LogP contribution in [0.4, 0.5) is 5.69 Å². The minimum atomic E-state index is -3.56. The lowest BCUT2D eigenvalue weighted by atomic mass is 10.2. The van der Waals surface area contributed by atoms with Crippen LogP contribution >= 0.6 is 36.6 Å². The number of nitrogens with two attached hydrogens (primary N) is 1. The minimum absolute atomic E-state index is 0. The molecule has 156 valence electrons.